The number of para-hydroxylation sites is 1. The largest absolute Gasteiger partial charge is 0.303 e. The van der Waals surface area contributed by atoms with Crippen molar-refractivity contribution in [1.82, 2.24) is 30.6 Å². The third-order valence-electron chi connectivity index (χ3n) is 2.18. The van der Waals surface area contributed by atoms with Crippen molar-refractivity contribution in [2.75, 3.05) is 0 Å². The van der Waals surface area contributed by atoms with Gasteiger partial charge in [-0.3, -0.25) is 4.79 Å². The van der Waals surface area contributed by atoms with Gasteiger partial charge in [-0.1, -0.05) is 12.1 Å². The van der Waals surface area contributed by atoms with E-state index in [1.54, 1.807) is 18.2 Å². The maximum atomic E-state index is 11.7. The van der Waals surface area contributed by atoms with Gasteiger partial charge < -0.3 is 4.98 Å². The standard InChI is InChI=1S/C9H6N6O/c16-9-5-3-1-2-4-6(5)10-7(11-9)8-12-14-15-13-8/h1-4H,(H,10,11,16)(H,12,13,14,15). The van der Waals surface area contributed by atoms with Gasteiger partial charge in [0.05, 0.1) is 10.9 Å². The van der Waals surface area contributed by atoms with Gasteiger partial charge in [0.15, 0.2) is 5.82 Å². The molecule has 16 heavy (non-hydrogen) atoms. The van der Waals surface area contributed by atoms with E-state index >= 15 is 0 Å². The summed E-state index contributed by atoms with van der Waals surface area (Å²) in [5.41, 5.74) is 0.398. The zero-order chi connectivity index (χ0) is 11.0. The van der Waals surface area contributed by atoms with Crippen molar-refractivity contribution in [3.8, 4) is 11.6 Å². The maximum Gasteiger partial charge on any atom is 0.259 e. The third-order valence-corrected chi connectivity index (χ3v) is 2.18. The molecule has 0 unspecified atom stereocenters. The first-order valence-corrected chi connectivity index (χ1v) is 4.58. The Morgan fingerprint density at radius 1 is 1.12 bits per heavy atom. The summed E-state index contributed by atoms with van der Waals surface area (Å²) in [6.45, 7) is 0. The zero-order valence-electron chi connectivity index (χ0n) is 8.01. The Morgan fingerprint density at radius 2 is 2.00 bits per heavy atom. The lowest BCUT2D eigenvalue weighted by atomic mass is 10.2. The van der Waals surface area contributed by atoms with E-state index in [0.717, 1.165) is 0 Å². The van der Waals surface area contributed by atoms with Gasteiger partial charge in [-0.2, -0.15) is 0 Å². The molecule has 0 aliphatic carbocycles. The van der Waals surface area contributed by atoms with Crippen molar-refractivity contribution in [3.63, 3.8) is 0 Å². The van der Waals surface area contributed by atoms with E-state index in [2.05, 4.69) is 30.6 Å². The molecule has 3 aromatic rings. The number of fused-ring (bicyclic) bond motifs is 1. The van der Waals surface area contributed by atoms with Gasteiger partial charge in [-0.05, 0) is 22.6 Å². The molecule has 78 valence electrons. The van der Waals surface area contributed by atoms with E-state index < -0.39 is 0 Å². The fraction of sp³-hybridized carbons (Fsp3) is 0. The van der Waals surface area contributed by atoms with Crippen LogP contribution >= 0.6 is 0 Å². The van der Waals surface area contributed by atoms with Gasteiger partial charge in [0.2, 0.25) is 5.82 Å². The van der Waals surface area contributed by atoms with Crippen LogP contribution in [-0.2, 0) is 0 Å². The van der Waals surface area contributed by atoms with Gasteiger partial charge in [0.25, 0.3) is 5.56 Å². The summed E-state index contributed by atoms with van der Waals surface area (Å²) in [6, 6.07) is 7.08. The number of aromatic amines is 2. The lowest BCUT2D eigenvalue weighted by Gasteiger charge is -1.98. The van der Waals surface area contributed by atoms with E-state index in [4.69, 9.17) is 0 Å². The molecule has 0 aliphatic heterocycles. The van der Waals surface area contributed by atoms with Crippen LogP contribution in [0.1, 0.15) is 0 Å². The smallest absolute Gasteiger partial charge is 0.259 e. The molecule has 0 atom stereocenters. The number of rotatable bonds is 1. The lowest BCUT2D eigenvalue weighted by molar-refractivity contribution is 0.881. The summed E-state index contributed by atoms with van der Waals surface area (Å²) in [7, 11) is 0. The van der Waals surface area contributed by atoms with Crippen molar-refractivity contribution < 1.29 is 0 Å². The number of nitrogens with zero attached hydrogens (tertiary/aromatic N) is 4. The predicted molar refractivity (Wildman–Crippen MR) is 55.5 cm³/mol. The summed E-state index contributed by atoms with van der Waals surface area (Å²) in [6.07, 6.45) is 0. The molecule has 7 nitrogen and oxygen atoms in total. The second kappa shape index (κ2) is 3.23. The van der Waals surface area contributed by atoms with E-state index in [9.17, 15) is 4.79 Å². The van der Waals surface area contributed by atoms with Crippen LogP contribution < -0.4 is 5.56 Å². The molecular formula is C9H6N6O. The quantitative estimate of drug-likeness (QED) is 0.598. The summed E-state index contributed by atoms with van der Waals surface area (Å²) >= 11 is 0. The fourth-order valence-electron chi connectivity index (χ4n) is 1.46. The predicted octanol–water partition coefficient (Wildman–Crippen LogP) is 0.103. The van der Waals surface area contributed by atoms with Gasteiger partial charge in [0, 0.05) is 0 Å². The molecule has 0 spiro atoms. The highest BCUT2D eigenvalue weighted by Crippen LogP contribution is 2.10. The average Bonchev–Trinajstić information content (AvgIpc) is 2.82. The molecule has 2 heterocycles. The third kappa shape index (κ3) is 1.26. The number of aromatic nitrogens is 6. The zero-order valence-corrected chi connectivity index (χ0v) is 8.01. The summed E-state index contributed by atoms with van der Waals surface area (Å²) in [4.78, 5) is 18.6. The molecular weight excluding hydrogens is 208 g/mol. The molecule has 0 fully saturated rings. The second-order valence-corrected chi connectivity index (χ2v) is 3.18. The minimum atomic E-state index is -0.211. The van der Waals surface area contributed by atoms with Crippen LogP contribution in [-0.4, -0.2) is 30.6 Å². The number of tetrazole rings is 1. The van der Waals surface area contributed by atoms with Crippen molar-refractivity contribution >= 4 is 10.9 Å². The Labute approximate surface area is 88.5 Å². The minimum Gasteiger partial charge on any atom is -0.303 e. The molecule has 2 aromatic heterocycles. The van der Waals surface area contributed by atoms with Crippen LogP contribution in [0.2, 0.25) is 0 Å². The van der Waals surface area contributed by atoms with E-state index in [0.29, 0.717) is 22.6 Å². The number of H-pyrrole nitrogens is 2. The molecule has 3 rings (SSSR count). The molecule has 0 saturated heterocycles. The highest BCUT2D eigenvalue weighted by Gasteiger charge is 2.07. The molecule has 0 radical (unpaired) electrons. The normalized spacial score (nSPS) is 10.8. The monoisotopic (exact) mass is 214 g/mol. The maximum absolute atomic E-state index is 11.7. The first kappa shape index (κ1) is 8.72. The van der Waals surface area contributed by atoms with Gasteiger partial charge in [0.1, 0.15) is 0 Å². The van der Waals surface area contributed by atoms with Crippen molar-refractivity contribution in [2.45, 2.75) is 0 Å². The molecule has 0 bridgehead atoms. The van der Waals surface area contributed by atoms with Crippen LogP contribution in [0.25, 0.3) is 22.6 Å². The van der Waals surface area contributed by atoms with Gasteiger partial charge >= 0.3 is 0 Å². The van der Waals surface area contributed by atoms with Crippen molar-refractivity contribution in [3.05, 3.63) is 34.6 Å². The molecule has 2 N–H and O–H groups in total. The molecule has 0 aliphatic rings. The van der Waals surface area contributed by atoms with Crippen molar-refractivity contribution in [1.29, 1.82) is 0 Å². The van der Waals surface area contributed by atoms with Crippen LogP contribution in [0, 0.1) is 0 Å². The second-order valence-electron chi connectivity index (χ2n) is 3.18. The molecule has 0 saturated carbocycles. The Hall–Kier alpha value is -2.57. The Bertz CT molecular complexity index is 687. The van der Waals surface area contributed by atoms with Gasteiger partial charge in [-0.25, -0.2) is 10.1 Å². The first-order valence-electron chi connectivity index (χ1n) is 4.58. The Morgan fingerprint density at radius 3 is 2.81 bits per heavy atom. The molecule has 7 heteroatoms. The molecule has 0 amide bonds. The first-order chi connectivity index (χ1) is 7.84. The Kier molecular flexibility index (Phi) is 1.76. The van der Waals surface area contributed by atoms with Crippen LogP contribution in [0.3, 0.4) is 0 Å². The number of benzene rings is 1. The van der Waals surface area contributed by atoms with E-state index in [-0.39, 0.29) is 5.56 Å². The Balaban J connectivity index is 2.34. The summed E-state index contributed by atoms with van der Waals surface area (Å²) in [5, 5.41) is 13.6. The van der Waals surface area contributed by atoms with E-state index in [1.807, 2.05) is 6.07 Å². The average molecular weight is 214 g/mol. The topological polar surface area (TPSA) is 100 Å². The highest BCUT2D eigenvalue weighted by molar-refractivity contribution is 5.78. The summed E-state index contributed by atoms with van der Waals surface area (Å²) in [5.74, 6) is 0.663. The van der Waals surface area contributed by atoms with Crippen LogP contribution in [0.15, 0.2) is 29.1 Å². The number of hydrogen-bond acceptors (Lipinski definition) is 5. The van der Waals surface area contributed by atoms with Crippen LogP contribution in [0.5, 0.6) is 0 Å². The lowest BCUT2D eigenvalue weighted by Crippen LogP contribution is -2.09. The number of hydrogen-bond donors (Lipinski definition) is 2. The van der Waals surface area contributed by atoms with Crippen LogP contribution in [0.4, 0.5) is 0 Å². The number of nitrogens with one attached hydrogen (secondary N) is 2. The fourth-order valence-corrected chi connectivity index (χ4v) is 1.46. The SMILES string of the molecule is O=c1[nH]c(-c2nnn[nH]2)nc2ccccc12. The van der Waals surface area contributed by atoms with Crippen molar-refractivity contribution in [2.24, 2.45) is 0 Å². The van der Waals surface area contributed by atoms with Gasteiger partial charge in [-0.15, -0.1) is 5.10 Å². The minimum absolute atomic E-state index is 0.211. The molecule has 1 aromatic carbocycles. The van der Waals surface area contributed by atoms with E-state index in [1.165, 1.54) is 0 Å². The highest BCUT2D eigenvalue weighted by atomic mass is 16.1. The summed E-state index contributed by atoms with van der Waals surface area (Å²) < 4.78 is 0.